The highest BCUT2D eigenvalue weighted by Crippen LogP contribution is 2.41. The molecule has 1 aliphatic rings. The van der Waals surface area contributed by atoms with E-state index >= 15 is 0 Å². The summed E-state index contributed by atoms with van der Waals surface area (Å²) < 4.78 is 6.06. The van der Waals surface area contributed by atoms with Crippen LogP contribution in [0.15, 0.2) is 36.4 Å². The first kappa shape index (κ1) is 26.3. The Labute approximate surface area is 207 Å². The maximum atomic E-state index is 10.6. The quantitative estimate of drug-likeness (QED) is 0.311. The predicted molar refractivity (Wildman–Crippen MR) is 142 cm³/mol. The van der Waals surface area contributed by atoms with Gasteiger partial charge in [-0.25, -0.2) is 0 Å². The molecular formula is C31H43NO2. The zero-order chi connectivity index (χ0) is 24.6. The Bertz CT molecular complexity index is 1000. The van der Waals surface area contributed by atoms with Gasteiger partial charge in [0, 0.05) is 11.0 Å². The monoisotopic (exact) mass is 461 g/mol. The third kappa shape index (κ3) is 6.04. The largest absolute Gasteiger partial charge is 0.493 e. The summed E-state index contributed by atoms with van der Waals surface area (Å²) in [7, 11) is 0. The number of ether oxygens (including phenoxy) is 1. The lowest BCUT2D eigenvalue weighted by Crippen LogP contribution is -2.26. The van der Waals surface area contributed by atoms with Crippen LogP contribution < -0.4 is 10.5 Å². The van der Waals surface area contributed by atoms with Crippen molar-refractivity contribution in [1.82, 2.24) is 0 Å². The van der Waals surface area contributed by atoms with Gasteiger partial charge in [-0.2, -0.15) is 0 Å². The number of hydrogen-bond donors (Lipinski definition) is 2. The summed E-state index contributed by atoms with van der Waals surface area (Å²) in [5, 5.41) is 10.6. The molecule has 0 saturated heterocycles. The van der Waals surface area contributed by atoms with E-state index in [9.17, 15) is 5.11 Å². The molecule has 3 heteroatoms. The van der Waals surface area contributed by atoms with Gasteiger partial charge >= 0.3 is 0 Å². The van der Waals surface area contributed by atoms with Crippen molar-refractivity contribution in [3.63, 3.8) is 0 Å². The molecule has 0 amide bonds. The average molecular weight is 462 g/mol. The van der Waals surface area contributed by atoms with Crippen molar-refractivity contribution in [3.05, 3.63) is 64.2 Å². The molecule has 184 valence electrons. The van der Waals surface area contributed by atoms with Gasteiger partial charge in [-0.15, -0.1) is 0 Å². The zero-order valence-electron chi connectivity index (χ0n) is 21.7. The highest BCUT2D eigenvalue weighted by Gasteiger charge is 2.32. The van der Waals surface area contributed by atoms with E-state index in [0.29, 0.717) is 0 Å². The fraction of sp³-hybridized carbons (Fsp3) is 0.548. The summed E-state index contributed by atoms with van der Waals surface area (Å²) >= 11 is 0. The Kier molecular flexibility index (Phi) is 9.23. The van der Waals surface area contributed by atoms with Crippen molar-refractivity contribution >= 4 is 0 Å². The van der Waals surface area contributed by atoms with Crippen LogP contribution in [0.5, 0.6) is 5.75 Å². The van der Waals surface area contributed by atoms with Gasteiger partial charge in [-0.05, 0) is 113 Å². The van der Waals surface area contributed by atoms with Crippen molar-refractivity contribution in [2.24, 2.45) is 5.73 Å². The second-order valence-corrected chi connectivity index (χ2v) is 9.99. The summed E-state index contributed by atoms with van der Waals surface area (Å²) in [6.45, 7) is 10.3. The average Bonchev–Trinajstić information content (AvgIpc) is 3.27. The van der Waals surface area contributed by atoms with Gasteiger partial charge in [0.1, 0.15) is 11.4 Å². The number of aryl methyl sites for hydroxylation is 2. The van der Waals surface area contributed by atoms with Gasteiger partial charge in [-0.1, -0.05) is 50.0 Å². The normalized spacial score (nSPS) is 15.1. The van der Waals surface area contributed by atoms with Crippen molar-refractivity contribution < 1.29 is 9.84 Å². The molecule has 3 rings (SSSR count). The van der Waals surface area contributed by atoms with Crippen molar-refractivity contribution in [2.75, 3.05) is 13.2 Å². The predicted octanol–water partition coefficient (Wildman–Crippen LogP) is 6.57. The molecule has 0 aliphatic heterocycles. The first-order valence-corrected chi connectivity index (χ1v) is 13.2. The lowest BCUT2D eigenvalue weighted by molar-refractivity contribution is 0.110. The van der Waals surface area contributed by atoms with E-state index in [4.69, 9.17) is 10.5 Å². The molecule has 0 bridgehead atoms. The number of nitrogens with two attached hydrogens (primary N) is 1. The third-order valence-electron chi connectivity index (χ3n) is 7.68. The molecule has 1 fully saturated rings. The van der Waals surface area contributed by atoms with Gasteiger partial charge in [0.2, 0.25) is 0 Å². The molecular weight excluding hydrogens is 418 g/mol. The van der Waals surface area contributed by atoms with Crippen LogP contribution in [0.1, 0.15) is 99.5 Å². The van der Waals surface area contributed by atoms with Gasteiger partial charge in [0.05, 0.1) is 6.61 Å². The third-order valence-corrected chi connectivity index (χ3v) is 7.68. The van der Waals surface area contributed by atoms with Crippen LogP contribution >= 0.6 is 0 Å². The fourth-order valence-electron chi connectivity index (χ4n) is 5.32. The Morgan fingerprint density at radius 2 is 1.59 bits per heavy atom. The molecule has 2 aromatic rings. The standard InChI is InChI=1S/C31H43NO2/c1-5-31(6-2,28-14-15-29(25(4)23-28)34-21-11-7-10-20-32)27-13-12-26(24(3)22-27)16-19-30(33)17-8-9-18-30/h12-15,22-23,33H,5-11,17-18,20-21,32H2,1-4H3. The first-order chi connectivity index (χ1) is 16.4. The molecule has 1 saturated carbocycles. The maximum absolute atomic E-state index is 10.6. The molecule has 3 N–H and O–H groups in total. The molecule has 34 heavy (non-hydrogen) atoms. The lowest BCUT2D eigenvalue weighted by atomic mass is 9.70. The summed E-state index contributed by atoms with van der Waals surface area (Å²) in [5.41, 5.74) is 10.8. The number of hydrogen-bond acceptors (Lipinski definition) is 3. The van der Waals surface area contributed by atoms with Gasteiger partial charge in [-0.3, -0.25) is 0 Å². The summed E-state index contributed by atoms with van der Waals surface area (Å²) in [5.74, 6) is 7.41. The van der Waals surface area contributed by atoms with Crippen LogP contribution in [0.4, 0.5) is 0 Å². The molecule has 0 radical (unpaired) electrons. The van der Waals surface area contributed by atoms with E-state index < -0.39 is 5.60 Å². The van der Waals surface area contributed by atoms with Crippen molar-refractivity contribution in [3.8, 4) is 17.6 Å². The van der Waals surface area contributed by atoms with Crippen LogP contribution in [0, 0.1) is 25.7 Å². The Balaban J connectivity index is 1.83. The van der Waals surface area contributed by atoms with Crippen LogP contribution in [0.25, 0.3) is 0 Å². The smallest absolute Gasteiger partial charge is 0.125 e. The van der Waals surface area contributed by atoms with E-state index in [1.807, 2.05) is 0 Å². The SMILES string of the molecule is CCC(CC)(c1ccc(C#CC2(O)CCCC2)c(C)c1)c1ccc(OCCCCCN)c(C)c1. The van der Waals surface area contributed by atoms with Gasteiger partial charge in [0.15, 0.2) is 0 Å². The number of aliphatic hydroxyl groups is 1. The second-order valence-electron chi connectivity index (χ2n) is 9.99. The van der Waals surface area contributed by atoms with Gasteiger partial charge in [0.25, 0.3) is 0 Å². The van der Waals surface area contributed by atoms with E-state index in [1.54, 1.807) is 0 Å². The van der Waals surface area contributed by atoms with E-state index in [2.05, 4.69) is 75.9 Å². The molecule has 0 heterocycles. The lowest BCUT2D eigenvalue weighted by Gasteiger charge is -2.34. The Hall–Kier alpha value is -2.28. The summed E-state index contributed by atoms with van der Waals surface area (Å²) in [6, 6.07) is 13.4. The van der Waals surface area contributed by atoms with E-state index in [1.165, 1.54) is 22.3 Å². The number of benzene rings is 2. The summed E-state index contributed by atoms with van der Waals surface area (Å²) in [4.78, 5) is 0. The van der Waals surface area contributed by atoms with Crippen molar-refractivity contribution in [1.29, 1.82) is 0 Å². The minimum absolute atomic E-state index is 0.0508. The highest BCUT2D eigenvalue weighted by molar-refractivity contribution is 5.50. The first-order valence-electron chi connectivity index (χ1n) is 13.2. The zero-order valence-corrected chi connectivity index (χ0v) is 21.7. The minimum atomic E-state index is -0.798. The van der Waals surface area contributed by atoms with E-state index in [0.717, 1.165) is 82.3 Å². The van der Waals surface area contributed by atoms with E-state index in [-0.39, 0.29) is 5.41 Å². The molecule has 0 atom stereocenters. The number of unbranched alkanes of at least 4 members (excludes halogenated alkanes) is 2. The van der Waals surface area contributed by atoms with Crippen LogP contribution in [-0.2, 0) is 5.41 Å². The Morgan fingerprint density at radius 3 is 2.18 bits per heavy atom. The maximum Gasteiger partial charge on any atom is 0.125 e. The fourth-order valence-corrected chi connectivity index (χ4v) is 5.32. The molecule has 0 aromatic heterocycles. The van der Waals surface area contributed by atoms with Crippen LogP contribution in [0.3, 0.4) is 0 Å². The van der Waals surface area contributed by atoms with Crippen LogP contribution in [0.2, 0.25) is 0 Å². The molecule has 0 spiro atoms. The second kappa shape index (κ2) is 11.9. The number of rotatable bonds is 10. The van der Waals surface area contributed by atoms with Crippen LogP contribution in [-0.4, -0.2) is 23.9 Å². The van der Waals surface area contributed by atoms with Crippen molar-refractivity contribution in [2.45, 2.75) is 96.5 Å². The Morgan fingerprint density at radius 1 is 0.941 bits per heavy atom. The minimum Gasteiger partial charge on any atom is -0.493 e. The summed E-state index contributed by atoms with van der Waals surface area (Å²) in [6.07, 6.45) is 8.96. The molecule has 3 nitrogen and oxygen atoms in total. The molecule has 0 unspecified atom stereocenters. The van der Waals surface area contributed by atoms with Gasteiger partial charge < -0.3 is 15.6 Å². The highest BCUT2D eigenvalue weighted by atomic mass is 16.5. The molecule has 2 aromatic carbocycles. The molecule has 1 aliphatic carbocycles. The topological polar surface area (TPSA) is 55.5 Å².